The Balaban J connectivity index is 0.00000245. The van der Waals surface area contributed by atoms with Crippen molar-refractivity contribution < 1.29 is 4.79 Å². The van der Waals surface area contributed by atoms with Gasteiger partial charge in [-0.2, -0.15) is 0 Å². The minimum atomic E-state index is -0.214. The molecule has 1 fully saturated rings. The number of rotatable bonds is 5. The Labute approximate surface area is 199 Å². The Kier molecular flexibility index (Phi) is 6.25. The van der Waals surface area contributed by atoms with Gasteiger partial charge in [0.05, 0.1) is 0 Å². The number of hydrogen-bond acceptors (Lipinski definition) is 2. The molecule has 0 aliphatic heterocycles. The molecule has 1 saturated carbocycles. The molecule has 4 aromatic rings. The Hall–Kier alpha value is -2.85. The first-order valence-corrected chi connectivity index (χ1v) is 10.8. The lowest BCUT2D eigenvalue weighted by Crippen LogP contribution is -2.27. The van der Waals surface area contributed by atoms with Crippen LogP contribution in [0.15, 0.2) is 91.0 Å². The van der Waals surface area contributed by atoms with Gasteiger partial charge in [0.1, 0.15) is 0 Å². The molecule has 1 amide bonds. The molecule has 0 unspecified atom stereocenters. The lowest BCUT2D eigenvalue weighted by atomic mass is 9.97. The van der Waals surface area contributed by atoms with Crippen LogP contribution in [0.1, 0.15) is 33.8 Å². The number of nitrogens with two attached hydrogens (primary N) is 1. The van der Waals surface area contributed by atoms with E-state index in [9.17, 15) is 4.79 Å². The molecular formula is C27H24Cl2N2O. The third-order valence-corrected chi connectivity index (χ3v) is 6.36. The molecule has 0 bridgehead atoms. The molecule has 32 heavy (non-hydrogen) atoms. The lowest BCUT2D eigenvalue weighted by Gasteiger charge is -2.13. The number of amides is 1. The van der Waals surface area contributed by atoms with E-state index in [-0.39, 0.29) is 23.9 Å². The van der Waals surface area contributed by atoms with E-state index < -0.39 is 0 Å². The quantitative estimate of drug-likeness (QED) is 0.351. The van der Waals surface area contributed by atoms with Gasteiger partial charge in [0, 0.05) is 27.7 Å². The van der Waals surface area contributed by atoms with Crippen LogP contribution in [0.5, 0.6) is 0 Å². The van der Waals surface area contributed by atoms with Gasteiger partial charge in [-0.25, -0.2) is 0 Å². The summed E-state index contributed by atoms with van der Waals surface area (Å²) in [4.78, 5) is 12.4. The average Bonchev–Trinajstić information content (AvgIpc) is 3.44. The predicted molar refractivity (Wildman–Crippen MR) is 135 cm³/mol. The molecule has 3 N–H and O–H groups in total. The molecule has 0 aromatic heterocycles. The maximum absolute atomic E-state index is 12.4. The third-order valence-electron chi connectivity index (χ3n) is 6.12. The van der Waals surface area contributed by atoms with E-state index >= 15 is 0 Å². The summed E-state index contributed by atoms with van der Waals surface area (Å²) in [7, 11) is 0. The molecule has 0 heterocycles. The van der Waals surface area contributed by atoms with Crippen molar-refractivity contribution in [2.24, 2.45) is 5.73 Å². The van der Waals surface area contributed by atoms with Gasteiger partial charge < -0.3 is 11.1 Å². The van der Waals surface area contributed by atoms with Crippen molar-refractivity contribution in [1.29, 1.82) is 0 Å². The van der Waals surface area contributed by atoms with Crippen molar-refractivity contribution in [1.82, 2.24) is 0 Å². The number of carbonyl (C=O) groups is 1. The fraction of sp³-hybridized carbons (Fsp3) is 0.148. The zero-order valence-corrected chi connectivity index (χ0v) is 19.0. The largest absolute Gasteiger partial charge is 0.324 e. The summed E-state index contributed by atoms with van der Waals surface area (Å²) in [6.45, 7) is 0. The number of halogens is 2. The molecule has 0 saturated heterocycles. The highest BCUT2D eigenvalue weighted by atomic mass is 35.5. The second kappa shape index (κ2) is 8.95. The van der Waals surface area contributed by atoms with Crippen LogP contribution >= 0.6 is 24.0 Å². The fourth-order valence-corrected chi connectivity index (χ4v) is 4.52. The summed E-state index contributed by atoms with van der Waals surface area (Å²) in [5.41, 5.74) is 10.3. The molecular weight excluding hydrogens is 439 g/mol. The van der Waals surface area contributed by atoms with E-state index in [2.05, 4.69) is 59.9 Å². The molecule has 0 radical (unpaired) electrons. The van der Waals surface area contributed by atoms with E-state index in [1.54, 1.807) is 24.3 Å². The van der Waals surface area contributed by atoms with Gasteiger partial charge in [0.2, 0.25) is 0 Å². The van der Waals surface area contributed by atoms with Gasteiger partial charge in [-0.05, 0) is 65.1 Å². The molecule has 3 nitrogen and oxygen atoms in total. The van der Waals surface area contributed by atoms with E-state index in [0.29, 0.717) is 16.5 Å². The van der Waals surface area contributed by atoms with Gasteiger partial charge in [-0.15, -0.1) is 12.4 Å². The Morgan fingerprint density at radius 3 is 2.44 bits per heavy atom. The monoisotopic (exact) mass is 462 g/mol. The zero-order chi connectivity index (χ0) is 21.4. The van der Waals surface area contributed by atoms with Crippen molar-refractivity contribution in [3.63, 3.8) is 0 Å². The maximum Gasteiger partial charge on any atom is 0.255 e. The first kappa shape index (κ1) is 22.3. The van der Waals surface area contributed by atoms with Crippen LogP contribution in [-0.4, -0.2) is 11.4 Å². The number of fused-ring (bicyclic) bond motifs is 1. The molecule has 1 aliphatic rings. The van der Waals surface area contributed by atoms with Crippen LogP contribution in [-0.2, 0) is 6.42 Å². The highest BCUT2D eigenvalue weighted by molar-refractivity contribution is 6.31. The number of benzene rings is 4. The van der Waals surface area contributed by atoms with Crippen LogP contribution in [0, 0.1) is 0 Å². The van der Waals surface area contributed by atoms with Gasteiger partial charge in [-0.3, -0.25) is 4.79 Å². The first-order valence-electron chi connectivity index (χ1n) is 10.4. The summed E-state index contributed by atoms with van der Waals surface area (Å²) >= 11 is 5.98. The van der Waals surface area contributed by atoms with E-state index in [0.717, 1.165) is 18.5 Å². The van der Waals surface area contributed by atoms with Gasteiger partial charge >= 0.3 is 0 Å². The van der Waals surface area contributed by atoms with Crippen LogP contribution in [0.25, 0.3) is 10.8 Å². The molecule has 162 valence electrons. The normalized spacial score (nSPS) is 19.2. The zero-order valence-electron chi connectivity index (χ0n) is 17.4. The summed E-state index contributed by atoms with van der Waals surface area (Å²) in [5, 5.41) is 5.97. The minimum Gasteiger partial charge on any atom is -0.324 e. The fourth-order valence-electron chi connectivity index (χ4n) is 4.33. The molecule has 4 aromatic carbocycles. The lowest BCUT2D eigenvalue weighted by molar-refractivity contribution is 0.102. The van der Waals surface area contributed by atoms with Crippen molar-refractivity contribution in [3.05, 3.63) is 113 Å². The smallest absolute Gasteiger partial charge is 0.255 e. The topological polar surface area (TPSA) is 55.1 Å². The van der Waals surface area contributed by atoms with E-state index in [4.69, 9.17) is 17.3 Å². The number of hydrogen-bond donors (Lipinski definition) is 2. The van der Waals surface area contributed by atoms with E-state index in [1.165, 1.54) is 21.9 Å². The van der Waals surface area contributed by atoms with Gasteiger partial charge in [0.15, 0.2) is 0 Å². The number of carbonyl (C=O) groups excluding carboxylic acids is 1. The molecule has 1 aliphatic carbocycles. The van der Waals surface area contributed by atoms with Crippen molar-refractivity contribution >= 4 is 46.4 Å². The van der Waals surface area contributed by atoms with Crippen LogP contribution < -0.4 is 11.1 Å². The number of anilines is 1. The Morgan fingerprint density at radius 2 is 1.69 bits per heavy atom. The molecule has 5 rings (SSSR count). The Bertz CT molecular complexity index is 1270. The van der Waals surface area contributed by atoms with Crippen LogP contribution in [0.4, 0.5) is 5.69 Å². The second-order valence-electron chi connectivity index (χ2n) is 8.43. The van der Waals surface area contributed by atoms with Crippen molar-refractivity contribution in [2.45, 2.75) is 24.3 Å². The summed E-state index contributed by atoms with van der Waals surface area (Å²) in [6.07, 6.45) is 1.82. The summed E-state index contributed by atoms with van der Waals surface area (Å²) in [5.74, 6) is 0.155. The highest BCUT2D eigenvalue weighted by Gasteiger charge is 2.51. The minimum absolute atomic E-state index is 0. The standard InChI is InChI=1S/C27H23ClN2O.ClH/c28-23-7-3-6-22(15-23)26(31)30-24-12-10-20(11-13-24)25-17-27(25,29)16-18-8-9-19-4-1-2-5-21(19)14-18;/h1-15,25H,16-17,29H2,(H,30,31);1H/t25-,27-;/m0./s1. The van der Waals surface area contributed by atoms with E-state index in [1.807, 2.05) is 12.1 Å². The predicted octanol–water partition coefficient (Wildman–Crippen LogP) is 6.59. The molecule has 0 spiro atoms. The highest BCUT2D eigenvalue weighted by Crippen LogP contribution is 2.51. The van der Waals surface area contributed by atoms with Crippen molar-refractivity contribution in [3.8, 4) is 0 Å². The van der Waals surface area contributed by atoms with Gasteiger partial charge in [0.25, 0.3) is 5.91 Å². The van der Waals surface area contributed by atoms with Crippen LogP contribution in [0.2, 0.25) is 5.02 Å². The van der Waals surface area contributed by atoms with Gasteiger partial charge in [-0.1, -0.05) is 72.3 Å². The average molecular weight is 463 g/mol. The summed E-state index contributed by atoms with van der Waals surface area (Å²) in [6, 6.07) is 29.9. The number of nitrogens with one attached hydrogen (secondary N) is 1. The summed E-state index contributed by atoms with van der Waals surface area (Å²) < 4.78 is 0. The van der Waals surface area contributed by atoms with Crippen molar-refractivity contribution in [2.75, 3.05) is 5.32 Å². The van der Waals surface area contributed by atoms with Crippen LogP contribution in [0.3, 0.4) is 0 Å². The second-order valence-corrected chi connectivity index (χ2v) is 8.87. The SMILES string of the molecule is Cl.N[C@@]1(Cc2ccc3ccccc3c2)C[C@H]1c1ccc(NC(=O)c2cccc(Cl)c2)cc1. The first-order chi connectivity index (χ1) is 15.0. The Morgan fingerprint density at radius 1 is 0.938 bits per heavy atom. The third kappa shape index (κ3) is 4.66. The molecule has 5 heteroatoms. The molecule has 2 atom stereocenters. The maximum atomic E-state index is 12.4.